The smallest absolute Gasteiger partial charge is 0.251 e. The fraction of sp³-hybridized carbons (Fsp3) is 0.150. The van der Waals surface area contributed by atoms with Crippen LogP contribution >= 0.6 is 12.2 Å². The van der Waals surface area contributed by atoms with Crippen LogP contribution in [-0.4, -0.2) is 35.7 Å². The van der Waals surface area contributed by atoms with Gasteiger partial charge in [-0.3, -0.25) is 19.5 Å². The molecule has 2 aromatic carbocycles. The summed E-state index contributed by atoms with van der Waals surface area (Å²) in [6.45, 7) is 2.35. The van der Waals surface area contributed by atoms with Gasteiger partial charge in [0, 0.05) is 17.5 Å². The van der Waals surface area contributed by atoms with Crippen molar-refractivity contribution < 1.29 is 24.2 Å². The Morgan fingerprint density at radius 1 is 1.30 bits per heavy atom. The molecule has 1 unspecified atom stereocenters. The SMILES string of the molecule is CCOc1ccc(N2C(=O)C(C=Nc3cc(N)cc(C(=O)[O-])c3)C(=O)NC2=S)cc1. The van der Waals surface area contributed by atoms with Crippen molar-refractivity contribution in [3.8, 4) is 5.75 Å². The summed E-state index contributed by atoms with van der Waals surface area (Å²) >= 11 is 5.15. The van der Waals surface area contributed by atoms with Crippen LogP contribution in [0, 0.1) is 5.92 Å². The summed E-state index contributed by atoms with van der Waals surface area (Å²) in [4.78, 5) is 41.6. The Balaban J connectivity index is 1.87. The number of carboxylic acid groups (broad SMARTS) is 1. The van der Waals surface area contributed by atoms with E-state index < -0.39 is 23.7 Å². The quantitative estimate of drug-likeness (QED) is 0.302. The van der Waals surface area contributed by atoms with Crippen molar-refractivity contribution in [1.29, 1.82) is 0 Å². The number of hydrogen-bond donors (Lipinski definition) is 2. The molecule has 1 saturated heterocycles. The number of nitrogens with one attached hydrogen (secondary N) is 1. The molecule has 1 heterocycles. The van der Waals surface area contributed by atoms with Gasteiger partial charge >= 0.3 is 0 Å². The number of nitrogens with two attached hydrogens (primary N) is 1. The van der Waals surface area contributed by atoms with Gasteiger partial charge in [-0.05, 0) is 61.6 Å². The number of nitrogen functional groups attached to an aromatic ring is 1. The number of ether oxygens (including phenoxy) is 1. The van der Waals surface area contributed by atoms with Crippen LogP contribution in [0.15, 0.2) is 47.5 Å². The van der Waals surface area contributed by atoms with Crippen molar-refractivity contribution in [2.45, 2.75) is 6.92 Å². The minimum Gasteiger partial charge on any atom is -0.545 e. The van der Waals surface area contributed by atoms with Crippen molar-refractivity contribution in [3.05, 3.63) is 48.0 Å². The number of aromatic carboxylic acids is 1. The molecule has 9 nitrogen and oxygen atoms in total. The van der Waals surface area contributed by atoms with Gasteiger partial charge in [0.05, 0.1) is 24.0 Å². The minimum atomic E-state index is -1.42. The molecule has 2 aromatic rings. The molecule has 1 atom stereocenters. The Hall–Kier alpha value is -3.79. The first kappa shape index (κ1) is 20.9. The van der Waals surface area contributed by atoms with Gasteiger partial charge in [0.15, 0.2) is 11.0 Å². The lowest BCUT2D eigenvalue weighted by Gasteiger charge is -2.31. The van der Waals surface area contributed by atoms with E-state index in [1.165, 1.54) is 23.1 Å². The molecule has 0 spiro atoms. The topological polar surface area (TPSA) is 137 Å². The maximum absolute atomic E-state index is 12.9. The number of thiocarbonyl (C=S) groups is 1. The molecule has 1 fully saturated rings. The van der Waals surface area contributed by atoms with Gasteiger partial charge in [-0.1, -0.05) is 0 Å². The third-order valence-electron chi connectivity index (χ3n) is 4.16. The summed E-state index contributed by atoms with van der Waals surface area (Å²) in [6, 6.07) is 10.5. The van der Waals surface area contributed by atoms with Crippen molar-refractivity contribution in [2.75, 3.05) is 17.2 Å². The second-order valence-corrected chi connectivity index (χ2v) is 6.64. The lowest BCUT2D eigenvalue weighted by atomic mass is 10.1. The summed E-state index contributed by atoms with van der Waals surface area (Å²) < 4.78 is 5.38. The van der Waals surface area contributed by atoms with Crippen molar-refractivity contribution in [3.63, 3.8) is 0 Å². The highest BCUT2D eigenvalue weighted by atomic mass is 32.1. The number of carboxylic acids is 1. The minimum absolute atomic E-state index is 0.0537. The maximum atomic E-state index is 12.9. The Bertz CT molecular complexity index is 1050. The number of carbonyl (C=O) groups is 3. The van der Waals surface area contributed by atoms with Crippen LogP contribution in [0.3, 0.4) is 0 Å². The first-order chi connectivity index (χ1) is 14.3. The van der Waals surface area contributed by atoms with Crippen LogP contribution in [0.1, 0.15) is 17.3 Å². The van der Waals surface area contributed by atoms with E-state index in [1.54, 1.807) is 24.3 Å². The van der Waals surface area contributed by atoms with Gasteiger partial charge < -0.3 is 25.7 Å². The maximum Gasteiger partial charge on any atom is 0.251 e. The fourth-order valence-corrected chi connectivity index (χ4v) is 3.11. The number of aliphatic imine (C=N–C) groups is 1. The third-order valence-corrected chi connectivity index (χ3v) is 4.44. The van der Waals surface area contributed by atoms with Crippen molar-refractivity contribution >= 4 is 58.4 Å². The Labute approximate surface area is 177 Å². The average Bonchev–Trinajstić information content (AvgIpc) is 2.68. The molecular weight excluding hydrogens is 408 g/mol. The largest absolute Gasteiger partial charge is 0.545 e. The van der Waals surface area contributed by atoms with E-state index in [-0.39, 0.29) is 22.1 Å². The molecule has 10 heteroatoms. The highest BCUT2D eigenvalue weighted by molar-refractivity contribution is 7.80. The van der Waals surface area contributed by atoms with Crippen LogP contribution in [0.25, 0.3) is 0 Å². The molecule has 1 aliphatic heterocycles. The molecule has 2 amide bonds. The molecule has 0 aromatic heterocycles. The summed E-state index contributed by atoms with van der Waals surface area (Å²) in [5, 5.41) is 13.5. The van der Waals surface area contributed by atoms with Gasteiger partial charge in [-0.25, -0.2) is 0 Å². The summed E-state index contributed by atoms with van der Waals surface area (Å²) in [5.41, 5.74) is 6.27. The molecule has 0 bridgehead atoms. The molecule has 154 valence electrons. The van der Waals surface area contributed by atoms with E-state index in [9.17, 15) is 19.5 Å². The lowest BCUT2D eigenvalue weighted by Crippen LogP contribution is -2.58. The molecule has 3 rings (SSSR count). The van der Waals surface area contributed by atoms with E-state index in [0.717, 1.165) is 6.21 Å². The highest BCUT2D eigenvalue weighted by Gasteiger charge is 2.38. The Kier molecular flexibility index (Phi) is 6.07. The van der Waals surface area contributed by atoms with Gasteiger partial charge in [-0.2, -0.15) is 0 Å². The van der Waals surface area contributed by atoms with Gasteiger partial charge in [0.1, 0.15) is 5.75 Å². The van der Waals surface area contributed by atoms with Crippen LogP contribution in [-0.2, 0) is 9.59 Å². The average molecular weight is 425 g/mol. The summed E-state index contributed by atoms with van der Waals surface area (Å²) in [5.74, 6) is -3.29. The number of nitrogens with zero attached hydrogens (tertiary/aromatic N) is 2. The fourth-order valence-electron chi connectivity index (χ4n) is 2.81. The van der Waals surface area contributed by atoms with Crippen LogP contribution in [0.5, 0.6) is 5.75 Å². The molecule has 3 N–H and O–H groups in total. The zero-order valence-corrected chi connectivity index (χ0v) is 16.6. The highest BCUT2D eigenvalue weighted by Crippen LogP contribution is 2.24. The molecule has 0 saturated carbocycles. The predicted molar refractivity (Wildman–Crippen MR) is 113 cm³/mol. The van der Waals surface area contributed by atoms with E-state index in [0.29, 0.717) is 18.0 Å². The number of hydrogen-bond acceptors (Lipinski definition) is 8. The number of amides is 2. The molecule has 30 heavy (non-hydrogen) atoms. The van der Waals surface area contributed by atoms with E-state index in [2.05, 4.69) is 10.3 Å². The lowest BCUT2D eigenvalue weighted by molar-refractivity contribution is -0.255. The molecule has 1 aliphatic rings. The van der Waals surface area contributed by atoms with Gasteiger partial charge in [-0.15, -0.1) is 0 Å². The second kappa shape index (κ2) is 8.70. The van der Waals surface area contributed by atoms with Crippen LogP contribution < -0.4 is 25.8 Å². The van der Waals surface area contributed by atoms with E-state index in [4.69, 9.17) is 22.7 Å². The normalized spacial score (nSPS) is 16.6. The molecular formula is C20H17N4O5S-. The zero-order valence-electron chi connectivity index (χ0n) is 15.8. The number of rotatable bonds is 6. The van der Waals surface area contributed by atoms with Crippen LogP contribution in [0.4, 0.5) is 17.1 Å². The van der Waals surface area contributed by atoms with E-state index >= 15 is 0 Å². The van der Waals surface area contributed by atoms with Gasteiger partial charge in [0.25, 0.3) is 5.91 Å². The summed E-state index contributed by atoms with van der Waals surface area (Å²) in [6.07, 6.45) is 1.12. The number of benzene rings is 2. The molecule has 0 radical (unpaired) electrons. The third kappa shape index (κ3) is 4.44. The predicted octanol–water partition coefficient (Wildman–Crippen LogP) is 0.797. The Morgan fingerprint density at radius 2 is 2.00 bits per heavy atom. The standard InChI is InChI=1S/C20H18N4O5S/c1-2-29-15-5-3-14(4-6-15)24-18(26)16(17(25)23-20(24)30)10-22-13-8-11(19(27)28)7-12(21)9-13/h3-10,16H,2,21H2,1H3,(H,27,28)(H,23,25,30)/p-1. The van der Waals surface area contributed by atoms with E-state index in [1.807, 2.05) is 6.92 Å². The first-order valence-electron chi connectivity index (χ1n) is 8.88. The monoisotopic (exact) mass is 425 g/mol. The zero-order chi connectivity index (χ0) is 21.8. The number of anilines is 2. The summed E-state index contributed by atoms with van der Waals surface area (Å²) in [7, 11) is 0. The first-order valence-corrected chi connectivity index (χ1v) is 9.28. The van der Waals surface area contributed by atoms with Crippen LogP contribution in [0.2, 0.25) is 0 Å². The number of carbonyl (C=O) groups excluding carboxylic acids is 3. The van der Waals surface area contributed by atoms with Crippen molar-refractivity contribution in [1.82, 2.24) is 5.32 Å². The molecule has 0 aliphatic carbocycles. The van der Waals surface area contributed by atoms with Crippen molar-refractivity contribution in [2.24, 2.45) is 10.9 Å². The second-order valence-electron chi connectivity index (χ2n) is 6.25. The van der Waals surface area contributed by atoms with Gasteiger partial charge in [0.2, 0.25) is 5.91 Å². The Morgan fingerprint density at radius 3 is 2.63 bits per heavy atom.